The van der Waals surface area contributed by atoms with E-state index < -0.39 is 10.0 Å². The van der Waals surface area contributed by atoms with Crippen molar-refractivity contribution < 1.29 is 22.7 Å². The Morgan fingerprint density at radius 1 is 1.38 bits per heavy atom. The molecule has 9 heteroatoms. The molecule has 1 aromatic carbocycles. The summed E-state index contributed by atoms with van der Waals surface area (Å²) in [6, 6.07) is 6.50. The summed E-state index contributed by atoms with van der Waals surface area (Å²) in [6.07, 6.45) is 0. The van der Waals surface area contributed by atoms with E-state index in [-0.39, 0.29) is 36.8 Å². The molecule has 1 saturated heterocycles. The van der Waals surface area contributed by atoms with Gasteiger partial charge < -0.3 is 14.8 Å². The van der Waals surface area contributed by atoms with Gasteiger partial charge in [-0.1, -0.05) is 23.7 Å². The molecule has 7 nitrogen and oxygen atoms in total. The first kappa shape index (κ1) is 19.0. The molecule has 0 spiro atoms. The van der Waals surface area contributed by atoms with E-state index in [9.17, 15) is 13.2 Å². The van der Waals surface area contributed by atoms with Gasteiger partial charge in [-0.05, 0) is 12.1 Å². The van der Waals surface area contributed by atoms with Gasteiger partial charge in [0.2, 0.25) is 10.0 Å². The highest BCUT2D eigenvalue weighted by molar-refractivity contribution is 7.89. The molecule has 2 rings (SSSR count). The van der Waals surface area contributed by atoms with Crippen LogP contribution in [0.2, 0.25) is 5.02 Å². The third kappa shape index (κ3) is 5.07. The summed E-state index contributed by atoms with van der Waals surface area (Å²) < 4.78 is 35.8. The Labute approximate surface area is 146 Å². The minimum absolute atomic E-state index is 0.0731. The Hall–Kier alpha value is -1.35. The van der Waals surface area contributed by atoms with Crippen molar-refractivity contribution >= 4 is 27.5 Å². The normalized spacial score (nSPS) is 21.0. The van der Waals surface area contributed by atoms with Crippen molar-refractivity contribution in [1.29, 1.82) is 0 Å². The average molecular weight is 377 g/mol. The predicted octanol–water partition coefficient (Wildman–Crippen LogP) is 0.741. The third-order valence-electron chi connectivity index (χ3n) is 3.72. The first-order valence-corrected chi connectivity index (χ1v) is 9.43. The molecule has 134 valence electrons. The van der Waals surface area contributed by atoms with Crippen molar-refractivity contribution in [2.45, 2.75) is 6.04 Å². The Balaban J connectivity index is 1.87. The predicted molar refractivity (Wildman–Crippen MR) is 90.7 cm³/mol. The molecule has 0 bridgehead atoms. The molecule has 0 radical (unpaired) electrons. The van der Waals surface area contributed by atoms with Crippen LogP contribution in [0.5, 0.6) is 5.75 Å². The topological polar surface area (TPSA) is 84.9 Å². The molecule has 24 heavy (non-hydrogen) atoms. The van der Waals surface area contributed by atoms with Crippen LogP contribution in [0, 0.1) is 5.92 Å². The van der Waals surface area contributed by atoms with Crippen molar-refractivity contribution in [2.75, 3.05) is 39.7 Å². The minimum atomic E-state index is -3.36. The molecule has 1 aliphatic rings. The first-order chi connectivity index (χ1) is 11.3. The zero-order valence-corrected chi connectivity index (χ0v) is 15.1. The summed E-state index contributed by atoms with van der Waals surface area (Å²) in [5, 5.41) is 3.19. The second kappa shape index (κ2) is 8.15. The van der Waals surface area contributed by atoms with Crippen LogP contribution in [-0.2, 0) is 19.6 Å². The van der Waals surface area contributed by atoms with Crippen molar-refractivity contribution in [1.82, 2.24) is 9.62 Å². The Morgan fingerprint density at radius 2 is 2.08 bits per heavy atom. The molecule has 1 aromatic rings. The van der Waals surface area contributed by atoms with Gasteiger partial charge in [0.1, 0.15) is 5.75 Å². The maximum absolute atomic E-state index is 12.0. The van der Waals surface area contributed by atoms with Gasteiger partial charge in [-0.15, -0.1) is 0 Å². The molecular weight excluding hydrogens is 356 g/mol. The molecule has 1 aliphatic heterocycles. The molecule has 2 unspecified atom stereocenters. The van der Waals surface area contributed by atoms with E-state index in [1.54, 1.807) is 24.3 Å². The van der Waals surface area contributed by atoms with Crippen LogP contribution in [0.1, 0.15) is 0 Å². The molecule has 2 atom stereocenters. The lowest BCUT2D eigenvalue weighted by molar-refractivity contribution is -0.124. The Kier molecular flexibility index (Phi) is 6.45. The minimum Gasteiger partial charge on any atom is -0.482 e. The zero-order valence-electron chi connectivity index (χ0n) is 13.6. The highest BCUT2D eigenvalue weighted by Gasteiger charge is 2.34. The summed E-state index contributed by atoms with van der Waals surface area (Å²) in [6.45, 7) is 0.377. The van der Waals surface area contributed by atoms with Crippen LogP contribution >= 0.6 is 11.6 Å². The van der Waals surface area contributed by atoms with Crippen molar-refractivity contribution in [3.63, 3.8) is 0 Å². The van der Waals surface area contributed by atoms with Gasteiger partial charge in [-0.25, -0.2) is 12.7 Å². The third-order valence-corrected chi connectivity index (χ3v) is 6.00. The first-order valence-electron chi connectivity index (χ1n) is 7.44. The summed E-state index contributed by atoms with van der Waals surface area (Å²) >= 11 is 5.96. The van der Waals surface area contributed by atoms with Crippen molar-refractivity contribution in [3.8, 4) is 5.75 Å². The highest BCUT2D eigenvalue weighted by Crippen LogP contribution is 2.23. The molecule has 0 aliphatic carbocycles. The maximum Gasteiger partial charge on any atom is 0.258 e. The molecular formula is C15H21ClN2O5S. The summed E-state index contributed by atoms with van der Waals surface area (Å²) in [5.41, 5.74) is 0. The number of halogens is 1. The second-order valence-corrected chi connectivity index (χ2v) is 8.39. The Morgan fingerprint density at radius 3 is 2.75 bits per heavy atom. The van der Waals surface area contributed by atoms with Gasteiger partial charge in [0.05, 0.1) is 30.0 Å². The average Bonchev–Trinajstić information content (AvgIpc) is 2.92. The van der Waals surface area contributed by atoms with E-state index in [1.807, 2.05) is 0 Å². The number of hydrogen-bond donors (Lipinski definition) is 1. The van der Waals surface area contributed by atoms with E-state index in [4.69, 9.17) is 21.1 Å². The fourth-order valence-electron chi connectivity index (χ4n) is 2.30. The van der Waals surface area contributed by atoms with Crippen LogP contribution in [0.25, 0.3) is 0 Å². The number of amides is 1. The number of rotatable bonds is 7. The van der Waals surface area contributed by atoms with E-state index in [2.05, 4.69) is 5.32 Å². The number of para-hydroxylation sites is 1. The SMILES string of the molecule is CN(C)S(=O)(=O)CC1COCC1NC(=O)COc1ccccc1Cl. The fraction of sp³-hybridized carbons (Fsp3) is 0.533. The zero-order chi connectivity index (χ0) is 17.7. The van der Waals surface area contributed by atoms with Crippen LogP contribution < -0.4 is 10.1 Å². The van der Waals surface area contributed by atoms with Gasteiger partial charge >= 0.3 is 0 Å². The van der Waals surface area contributed by atoms with E-state index >= 15 is 0 Å². The molecule has 0 aromatic heterocycles. The van der Waals surface area contributed by atoms with E-state index in [0.29, 0.717) is 17.4 Å². The summed E-state index contributed by atoms with van der Waals surface area (Å²) in [4.78, 5) is 12.0. The quantitative estimate of drug-likeness (QED) is 0.758. The number of nitrogens with zero attached hydrogens (tertiary/aromatic N) is 1. The lowest BCUT2D eigenvalue weighted by Gasteiger charge is -2.21. The molecule has 0 saturated carbocycles. The van der Waals surface area contributed by atoms with Crippen LogP contribution in [0.3, 0.4) is 0 Å². The maximum atomic E-state index is 12.0. The van der Waals surface area contributed by atoms with Gasteiger partial charge in [0, 0.05) is 20.0 Å². The number of benzene rings is 1. The van der Waals surface area contributed by atoms with Crippen LogP contribution in [0.15, 0.2) is 24.3 Å². The largest absolute Gasteiger partial charge is 0.482 e. The molecule has 1 N–H and O–H groups in total. The van der Waals surface area contributed by atoms with Gasteiger partial charge in [-0.3, -0.25) is 4.79 Å². The smallest absolute Gasteiger partial charge is 0.258 e. The van der Waals surface area contributed by atoms with Gasteiger partial charge in [-0.2, -0.15) is 0 Å². The molecule has 1 heterocycles. The number of nitrogens with one attached hydrogen (secondary N) is 1. The van der Waals surface area contributed by atoms with E-state index in [0.717, 1.165) is 0 Å². The highest BCUT2D eigenvalue weighted by atomic mass is 35.5. The van der Waals surface area contributed by atoms with Gasteiger partial charge in [0.15, 0.2) is 6.61 Å². The lowest BCUT2D eigenvalue weighted by atomic mass is 10.1. The number of sulfonamides is 1. The van der Waals surface area contributed by atoms with Crippen LogP contribution in [0.4, 0.5) is 0 Å². The monoisotopic (exact) mass is 376 g/mol. The number of ether oxygens (including phenoxy) is 2. The summed E-state index contributed by atoms with van der Waals surface area (Å²) in [5.74, 6) is -0.292. The van der Waals surface area contributed by atoms with Crippen molar-refractivity contribution in [3.05, 3.63) is 29.3 Å². The number of hydrogen-bond acceptors (Lipinski definition) is 5. The standard InChI is InChI=1S/C15H21ClN2O5S/c1-18(2)24(20,21)10-11-7-22-8-13(11)17-15(19)9-23-14-6-4-3-5-12(14)16/h3-6,11,13H,7-10H2,1-2H3,(H,17,19). The fourth-order valence-corrected chi connectivity index (χ4v) is 3.65. The Bertz CT molecular complexity index is 680. The summed E-state index contributed by atoms with van der Waals surface area (Å²) in [7, 11) is -0.393. The van der Waals surface area contributed by atoms with Crippen LogP contribution in [-0.4, -0.2) is 64.3 Å². The number of carbonyl (C=O) groups is 1. The molecule has 1 amide bonds. The van der Waals surface area contributed by atoms with Gasteiger partial charge in [0.25, 0.3) is 5.91 Å². The number of carbonyl (C=O) groups excluding carboxylic acids is 1. The second-order valence-electron chi connectivity index (χ2n) is 5.75. The van der Waals surface area contributed by atoms with E-state index in [1.165, 1.54) is 18.4 Å². The van der Waals surface area contributed by atoms with Crippen molar-refractivity contribution in [2.24, 2.45) is 5.92 Å². The lowest BCUT2D eigenvalue weighted by Crippen LogP contribution is -2.45. The molecule has 1 fully saturated rings.